The lowest BCUT2D eigenvalue weighted by Crippen LogP contribution is -2.43. The highest BCUT2D eigenvalue weighted by atomic mass is 79.9. The van der Waals surface area contributed by atoms with Gasteiger partial charge in [-0.25, -0.2) is 4.79 Å². The van der Waals surface area contributed by atoms with E-state index in [0.29, 0.717) is 28.3 Å². The van der Waals surface area contributed by atoms with Crippen molar-refractivity contribution in [3.8, 4) is 0 Å². The van der Waals surface area contributed by atoms with Crippen molar-refractivity contribution < 1.29 is 19.1 Å². The molecule has 0 saturated carbocycles. The first kappa shape index (κ1) is 18.0. The SMILES string of the molecule is O=C1O[C@@H](N2C(=O)CC[C@H]2C(=O)Nc2ccc(Br)cc2Cl)c2ccccc21. The molecule has 4 rings (SSSR count). The maximum absolute atomic E-state index is 12.8. The molecular formula is C19H14BrClN2O4. The molecule has 1 saturated heterocycles. The number of ether oxygens (including phenoxy) is 1. The van der Waals surface area contributed by atoms with Crippen LogP contribution in [-0.4, -0.2) is 28.7 Å². The molecule has 2 aliphatic heterocycles. The lowest BCUT2D eigenvalue weighted by atomic mass is 10.1. The van der Waals surface area contributed by atoms with Crippen molar-refractivity contribution in [2.24, 2.45) is 0 Å². The van der Waals surface area contributed by atoms with Crippen LogP contribution >= 0.6 is 27.5 Å². The zero-order valence-electron chi connectivity index (χ0n) is 13.9. The van der Waals surface area contributed by atoms with Crippen molar-refractivity contribution in [2.75, 3.05) is 5.32 Å². The fourth-order valence-electron chi connectivity index (χ4n) is 3.39. The van der Waals surface area contributed by atoms with Crippen molar-refractivity contribution in [1.82, 2.24) is 4.90 Å². The van der Waals surface area contributed by atoms with Crippen LogP contribution in [0.4, 0.5) is 5.69 Å². The van der Waals surface area contributed by atoms with Crippen LogP contribution in [0.3, 0.4) is 0 Å². The maximum atomic E-state index is 12.8. The third kappa shape index (κ3) is 3.21. The number of fused-ring (bicyclic) bond motifs is 1. The summed E-state index contributed by atoms with van der Waals surface area (Å²) < 4.78 is 6.20. The van der Waals surface area contributed by atoms with E-state index in [0.717, 1.165) is 4.47 Å². The lowest BCUT2D eigenvalue weighted by Gasteiger charge is -2.29. The normalized spacial score (nSPS) is 21.2. The maximum Gasteiger partial charge on any atom is 0.340 e. The summed E-state index contributed by atoms with van der Waals surface area (Å²) in [6.45, 7) is 0. The monoisotopic (exact) mass is 448 g/mol. The number of hydrogen-bond donors (Lipinski definition) is 1. The van der Waals surface area contributed by atoms with Crippen molar-refractivity contribution in [3.05, 3.63) is 63.1 Å². The fourth-order valence-corrected chi connectivity index (χ4v) is 4.11. The number of amides is 2. The van der Waals surface area contributed by atoms with Gasteiger partial charge in [0.1, 0.15) is 6.04 Å². The first-order valence-electron chi connectivity index (χ1n) is 8.32. The molecule has 0 radical (unpaired) electrons. The number of benzene rings is 2. The fraction of sp³-hybridized carbons (Fsp3) is 0.211. The molecule has 2 heterocycles. The minimum absolute atomic E-state index is 0.211. The van der Waals surface area contributed by atoms with Gasteiger partial charge in [0, 0.05) is 16.5 Å². The summed E-state index contributed by atoms with van der Waals surface area (Å²) in [4.78, 5) is 38.8. The standard InChI is InChI=1S/C19H14BrClN2O4/c20-10-5-6-14(13(21)9-10)22-17(25)15-7-8-16(24)23(15)18-11-3-1-2-4-12(11)19(26)27-18/h1-6,9,15,18H,7-8H2,(H,22,25)/t15-,18+/m0/s1. The number of esters is 1. The van der Waals surface area contributed by atoms with Gasteiger partial charge in [-0.1, -0.05) is 45.7 Å². The van der Waals surface area contributed by atoms with Gasteiger partial charge in [0.25, 0.3) is 0 Å². The Hall–Kier alpha value is -2.38. The molecule has 2 aliphatic rings. The van der Waals surface area contributed by atoms with Gasteiger partial charge in [0.05, 0.1) is 16.3 Å². The Morgan fingerprint density at radius 3 is 2.78 bits per heavy atom. The molecule has 27 heavy (non-hydrogen) atoms. The second-order valence-corrected chi connectivity index (χ2v) is 7.64. The number of nitrogens with one attached hydrogen (secondary N) is 1. The van der Waals surface area contributed by atoms with Crippen LogP contribution < -0.4 is 5.32 Å². The number of halogens is 2. The number of nitrogens with zero attached hydrogens (tertiary/aromatic N) is 1. The molecule has 2 amide bonds. The quantitative estimate of drug-likeness (QED) is 0.721. The second-order valence-electron chi connectivity index (χ2n) is 6.31. The molecule has 2 atom stereocenters. The second kappa shape index (κ2) is 6.98. The number of carbonyl (C=O) groups excluding carboxylic acids is 3. The van der Waals surface area contributed by atoms with E-state index >= 15 is 0 Å². The Kier molecular flexibility index (Phi) is 4.65. The molecule has 0 spiro atoms. The molecule has 2 aromatic carbocycles. The number of hydrogen-bond acceptors (Lipinski definition) is 4. The van der Waals surface area contributed by atoms with Crippen molar-refractivity contribution >= 4 is 51.0 Å². The van der Waals surface area contributed by atoms with Gasteiger partial charge in [0.2, 0.25) is 18.0 Å². The molecule has 0 aromatic heterocycles. The van der Waals surface area contributed by atoms with E-state index in [-0.39, 0.29) is 18.2 Å². The van der Waals surface area contributed by atoms with Crippen LogP contribution in [0.1, 0.15) is 35.0 Å². The molecule has 8 heteroatoms. The highest BCUT2D eigenvalue weighted by Crippen LogP contribution is 2.38. The predicted molar refractivity (Wildman–Crippen MR) is 102 cm³/mol. The molecule has 0 aliphatic carbocycles. The summed E-state index contributed by atoms with van der Waals surface area (Å²) in [5, 5.41) is 3.14. The third-order valence-corrected chi connectivity index (χ3v) is 5.47. The summed E-state index contributed by atoms with van der Waals surface area (Å²) in [5.41, 5.74) is 1.46. The van der Waals surface area contributed by atoms with Crippen LogP contribution in [0.15, 0.2) is 46.9 Å². The third-order valence-electron chi connectivity index (χ3n) is 4.67. The van der Waals surface area contributed by atoms with Crippen LogP contribution in [-0.2, 0) is 14.3 Å². The van der Waals surface area contributed by atoms with Crippen LogP contribution in [0.25, 0.3) is 0 Å². The van der Waals surface area contributed by atoms with E-state index < -0.39 is 18.2 Å². The van der Waals surface area contributed by atoms with Crippen LogP contribution in [0.2, 0.25) is 5.02 Å². The van der Waals surface area contributed by atoms with Crippen molar-refractivity contribution in [1.29, 1.82) is 0 Å². The number of cyclic esters (lactones) is 1. The molecule has 6 nitrogen and oxygen atoms in total. The first-order chi connectivity index (χ1) is 13.0. The van der Waals surface area contributed by atoms with Gasteiger partial charge in [-0.3, -0.25) is 14.5 Å². The van der Waals surface area contributed by atoms with Crippen LogP contribution in [0.5, 0.6) is 0 Å². The van der Waals surface area contributed by atoms with Crippen molar-refractivity contribution in [3.63, 3.8) is 0 Å². The van der Waals surface area contributed by atoms with Gasteiger partial charge in [-0.2, -0.15) is 0 Å². The molecular weight excluding hydrogens is 436 g/mol. The molecule has 2 aromatic rings. The molecule has 1 N–H and O–H groups in total. The van der Waals surface area contributed by atoms with Gasteiger partial charge in [-0.15, -0.1) is 0 Å². The zero-order valence-corrected chi connectivity index (χ0v) is 16.3. The van der Waals surface area contributed by atoms with E-state index in [2.05, 4.69) is 21.2 Å². The lowest BCUT2D eigenvalue weighted by molar-refractivity contribution is -0.144. The Morgan fingerprint density at radius 2 is 2.00 bits per heavy atom. The Balaban J connectivity index is 1.60. The molecule has 138 valence electrons. The van der Waals surface area contributed by atoms with E-state index in [9.17, 15) is 14.4 Å². The van der Waals surface area contributed by atoms with Gasteiger partial charge in [-0.05, 0) is 30.7 Å². The van der Waals surface area contributed by atoms with E-state index in [4.69, 9.17) is 16.3 Å². The smallest absolute Gasteiger partial charge is 0.340 e. The minimum atomic E-state index is -0.889. The predicted octanol–water partition coefficient (Wildman–Crippen LogP) is 3.90. The summed E-state index contributed by atoms with van der Waals surface area (Å²) >= 11 is 9.48. The molecule has 0 bridgehead atoms. The van der Waals surface area contributed by atoms with Gasteiger partial charge in [0.15, 0.2) is 0 Å². The van der Waals surface area contributed by atoms with Crippen LogP contribution in [0, 0.1) is 0 Å². The number of anilines is 1. The average Bonchev–Trinajstić information content (AvgIpc) is 3.18. The number of likely N-dealkylation sites (tertiary alicyclic amines) is 1. The van der Waals surface area contributed by atoms with Gasteiger partial charge < -0.3 is 10.1 Å². The zero-order chi connectivity index (χ0) is 19.1. The van der Waals surface area contributed by atoms with E-state index in [1.165, 1.54) is 4.90 Å². The molecule has 0 unspecified atom stereocenters. The molecule has 1 fully saturated rings. The van der Waals surface area contributed by atoms with Gasteiger partial charge >= 0.3 is 5.97 Å². The summed E-state index contributed by atoms with van der Waals surface area (Å²) in [6, 6.07) is 11.2. The number of rotatable bonds is 3. The topological polar surface area (TPSA) is 75.7 Å². The van der Waals surface area contributed by atoms with Crippen molar-refractivity contribution in [2.45, 2.75) is 25.1 Å². The largest absolute Gasteiger partial charge is 0.433 e. The van der Waals surface area contributed by atoms with E-state index in [1.54, 1.807) is 42.5 Å². The Labute approximate surface area is 168 Å². The first-order valence-corrected chi connectivity index (χ1v) is 9.50. The Bertz CT molecular complexity index is 964. The number of carbonyl (C=O) groups is 3. The summed E-state index contributed by atoms with van der Waals surface area (Å²) in [5.74, 6) is -1.09. The highest BCUT2D eigenvalue weighted by molar-refractivity contribution is 9.10. The minimum Gasteiger partial charge on any atom is -0.433 e. The highest BCUT2D eigenvalue weighted by Gasteiger charge is 2.46. The summed E-state index contributed by atoms with van der Waals surface area (Å²) in [7, 11) is 0. The van der Waals surface area contributed by atoms with E-state index in [1.807, 2.05) is 0 Å². The summed E-state index contributed by atoms with van der Waals surface area (Å²) in [6.07, 6.45) is -0.336. The average molecular weight is 450 g/mol. The Morgan fingerprint density at radius 1 is 1.22 bits per heavy atom.